The molecule has 0 atom stereocenters. The van der Waals surface area contributed by atoms with Crippen molar-refractivity contribution in [1.82, 2.24) is 5.32 Å². The van der Waals surface area contributed by atoms with Crippen molar-refractivity contribution in [3.63, 3.8) is 0 Å². The van der Waals surface area contributed by atoms with Gasteiger partial charge in [-0.05, 0) is 31.0 Å². The van der Waals surface area contributed by atoms with Crippen LogP contribution in [0.15, 0.2) is 18.2 Å². The molecule has 18 heavy (non-hydrogen) atoms. The van der Waals surface area contributed by atoms with Crippen LogP contribution in [0.2, 0.25) is 0 Å². The van der Waals surface area contributed by atoms with Crippen molar-refractivity contribution in [2.24, 2.45) is 5.41 Å². The van der Waals surface area contributed by atoms with Crippen molar-refractivity contribution < 1.29 is 19.0 Å². The number of aliphatic hydroxyl groups is 1. The maximum atomic E-state index is 13.1. The molecule has 2 N–H and O–H groups in total. The molecule has 0 unspecified atom stereocenters. The Morgan fingerprint density at radius 3 is 2.83 bits per heavy atom. The van der Waals surface area contributed by atoms with Crippen molar-refractivity contribution in [1.29, 1.82) is 0 Å². The summed E-state index contributed by atoms with van der Waals surface area (Å²) < 4.78 is 18.2. The van der Waals surface area contributed by atoms with Crippen LogP contribution in [0, 0.1) is 11.2 Å². The second kappa shape index (κ2) is 4.94. The molecule has 98 valence electrons. The Morgan fingerprint density at radius 1 is 1.56 bits per heavy atom. The van der Waals surface area contributed by atoms with E-state index < -0.39 is 5.41 Å². The van der Waals surface area contributed by atoms with Crippen molar-refractivity contribution in [3.05, 3.63) is 29.6 Å². The van der Waals surface area contributed by atoms with E-state index in [-0.39, 0.29) is 24.9 Å². The van der Waals surface area contributed by atoms with Gasteiger partial charge >= 0.3 is 0 Å². The highest BCUT2D eigenvalue weighted by molar-refractivity contribution is 5.85. The minimum absolute atomic E-state index is 0.140. The number of benzene rings is 1. The Morgan fingerprint density at radius 2 is 2.28 bits per heavy atom. The molecule has 0 radical (unpaired) electrons. The summed E-state index contributed by atoms with van der Waals surface area (Å²) in [6.45, 7) is 0.0562. The van der Waals surface area contributed by atoms with Gasteiger partial charge in [0.05, 0.1) is 19.1 Å². The summed E-state index contributed by atoms with van der Waals surface area (Å²) >= 11 is 0. The third-order valence-corrected chi connectivity index (χ3v) is 3.32. The first-order valence-electron chi connectivity index (χ1n) is 5.83. The lowest BCUT2D eigenvalue weighted by Crippen LogP contribution is -2.33. The predicted molar refractivity (Wildman–Crippen MR) is 63.6 cm³/mol. The van der Waals surface area contributed by atoms with E-state index in [9.17, 15) is 9.18 Å². The van der Waals surface area contributed by atoms with Crippen LogP contribution >= 0.6 is 0 Å². The van der Waals surface area contributed by atoms with Crippen LogP contribution in [0.25, 0.3) is 0 Å². The molecule has 2 rings (SSSR count). The molecule has 1 saturated carbocycles. The zero-order chi connectivity index (χ0) is 13.2. The van der Waals surface area contributed by atoms with Gasteiger partial charge in [-0.25, -0.2) is 4.39 Å². The molecule has 0 bridgehead atoms. The number of halogens is 1. The number of carbonyl (C=O) groups is 1. The normalized spacial score (nSPS) is 16.2. The summed E-state index contributed by atoms with van der Waals surface area (Å²) in [7, 11) is 1.49. The molecule has 0 aliphatic heterocycles. The molecule has 0 heterocycles. The minimum atomic E-state index is -0.611. The van der Waals surface area contributed by atoms with Crippen molar-refractivity contribution in [2.45, 2.75) is 19.4 Å². The van der Waals surface area contributed by atoms with Gasteiger partial charge in [0, 0.05) is 12.1 Å². The van der Waals surface area contributed by atoms with Gasteiger partial charge in [0.15, 0.2) is 0 Å². The van der Waals surface area contributed by atoms with Gasteiger partial charge in [-0.1, -0.05) is 0 Å². The fourth-order valence-corrected chi connectivity index (χ4v) is 1.86. The van der Waals surface area contributed by atoms with E-state index >= 15 is 0 Å². The summed E-state index contributed by atoms with van der Waals surface area (Å²) in [4.78, 5) is 11.8. The van der Waals surface area contributed by atoms with E-state index in [4.69, 9.17) is 9.84 Å². The number of amides is 1. The molecule has 1 amide bonds. The maximum absolute atomic E-state index is 13.1. The minimum Gasteiger partial charge on any atom is -0.496 e. The van der Waals surface area contributed by atoms with Crippen LogP contribution in [0.4, 0.5) is 4.39 Å². The summed E-state index contributed by atoms with van der Waals surface area (Å²) in [6.07, 6.45) is 1.41. The number of nitrogens with one attached hydrogen (secondary N) is 1. The summed E-state index contributed by atoms with van der Waals surface area (Å²) in [5.41, 5.74) is -0.0276. The highest BCUT2D eigenvalue weighted by Crippen LogP contribution is 2.45. The Labute approximate surface area is 105 Å². The average molecular weight is 253 g/mol. The highest BCUT2D eigenvalue weighted by atomic mass is 19.1. The fraction of sp³-hybridized carbons (Fsp3) is 0.462. The van der Waals surface area contributed by atoms with Crippen LogP contribution in [0.3, 0.4) is 0 Å². The van der Waals surface area contributed by atoms with E-state index in [1.165, 1.54) is 25.3 Å². The van der Waals surface area contributed by atoms with Crippen LogP contribution in [-0.2, 0) is 11.3 Å². The van der Waals surface area contributed by atoms with Gasteiger partial charge in [-0.2, -0.15) is 0 Å². The van der Waals surface area contributed by atoms with E-state index in [0.29, 0.717) is 24.2 Å². The quantitative estimate of drug-likeness (QED) is 0.829. The molecule has 1 aromatic rings. The van der Waals surface area contributed by atoms with Gasteiger partial charge in [0.25, 0.3) is 0 Å². The standard InChI is InChI=1S/C13H16FNO3/c1-18-11-3-2-10(14)6-9(11)7-15-12(17)13(8-16)4-5-13/h2-3,6,16H,4-5,7-8H2,1H3,(H,15,17). The molecule has 5 heteroatoms. The van der Waals surface area contributed by atoms with Gasteiger partial charge in [0.1, 0.15) is 11.6 Å². The van der Waals surface area contributed by atoms with E-state index in [1.807, 2.05) is 0 Å². The number of ether oxygens (including phenoxy) is 1. The van der Waals surface area contributed by atoms with Gasteiger partial charge < -0.3 is 15.2 Å². The Bertz CT molecular complexity index is 458. The monoisotopic (exact) mass is 253 g/mol. The molecule has 0 aromatic heterocycles. The third-order valence-electron chi connectivity index (χ3n) is 3.32. The lowest BCUT2D eigenvalue weighted by Gasteiger charge is -2.14. The topological polar surface area (TPSA) is 58.6 Å². The van der Waals surface area contributed by atoms with E-state index in [0.717, 1.165) is 0 Å². The largest absolute Gasteiger partial charge is 0.496 e. The SMILES string of the molecule is COc1ccc(F)cc1CNC(=O)C1(CO)CC1. The molecular formula is C13H16FNO3. The Kier molecular flexibility index (Phi) is 3.52. The Balaban J connectivity index is 2.02. The average Bonchev–Trinajstić information content (AvgIpc) is 3.17. The highest BCUT2D eigenvalue weighted by Gasteiger charge is 2.49. The van der Waals surface area contributed by atoms with E-state index in [1.54, 1.807) is 0 Å². The predicted octanol–water partition coefficient (Wildman–Crippen LogP) is 1.22. The van der Waals surface area contributed by atoms with Crippen LogP contribution in [0.5, 0.6) is 5.75 Å². The number of hydrogen-bond donors (Lipinski definition) is 2. The number of aliphatic hydroxyl groups excluding tert-OH is 1. The molecule has 4 nitrogen and oxygen atoms in total. The summed E-state index contributed by atoms with van der Waals surface area (Å²) in [6, 6.07) is 4.16. The van der Waals surface area contributed by atoms with E-state index in [2.05, 4.69) is 5.32 Å². The van der Waals surface area contributed by atoms with Crippen molar-refractivity contribution >= 4 is 5.91 Å². The first-order chi connectivity index (χ1) is 8.61. The molecule has 1 aromatic carbocycles. The molecule has 0 saturated heterocycles. The molecule has 1 fully saturated rings. The smallest absolute Gasteiger partial charge is 0.228 e. The molecule has 0 spiro atoms. The number of hydrogen-bond acceptors (Lipinski definition) is 3. The van der Waals surface area contributed by atoms with Crippen LogP contribution < -0.4 is 10.1 Å². The van der Waals surface area contributed by atoms with Gasteiger partial charge in [0.2, 0.25) is 5.91 Å². The first-order valence-corrected chi connectivity index (χ1v) is 5.83. The lowest BCUT2D eigenvalue weighted by molar-refractivity contribution is -0.127. The second-order valence-corrected chi connectivity index (χ2v) is 4.58. The molecular weight excluding hydrogens is 237 g/mol. The number of carbonyl (C=O) groups excluding carboxylic acids is 1. The van der Waals surface area contributed by atoms with Gasteiger partial charge in [-0.15, -0.1) is 0 Å². The zero-order valence-electron chi connectivity index (χ0n) is 10.2. The van der Waals surface area contributed by atoms with Crippen LogP contribution in [-0.4, -0.2) is 24.7 Å². The van der Waals surface area contributed by atoms with Crippen molar-refractivity contribution in [3.8, 4) is 5.75 Å². The van der Waals surface area contributed by atoms with Crippen LogP contribution in [0.1, 0.15) is 18.4 Å². The first kappa shape index (κ1) is 12.8. The third kappa shape index (κ3) is 2.46. The molecule has 1 aliphatic rings. The molecule has 1 aliphatic carbocycles. The van der Waals surface area contributed by atoms with Gasteiger partial charge in [-0.3, -0.25) is 4.79 Å². The maximum Gasteiger partial charge on any atom is 0.228 e. The lowest BCUT2D eigenvalue weighted by atomic mass is 10.1. The summed E-state index contributed by atoms with van der Waals surface area (Å²) in [5.74, 6) is -0.0230. The van der Waals surface area contributed by atoms with Crippen molar-refractivity contribution in [2.75, 3.05) is 13.7 Å². The Hall–Kier alpha value is -1.62. The second-order valence-electron chi connectivity index (χ2n) is 4.58. The fourth-order valence-electron chi connectivity index (χ4n) is 1.86. The summed E-state index contributed by atoms with van der Waals surface area (Å²) in [5, 5.41) is 11.8. The number of methoxy groups -OCH3 is 1. The zero-order valence-corrected chi connectivity index (χ0v) is 10.2. The number of rotatable bonds is 5.